The third-order valence-corrected chi connectivity index (χ3v) is 11.3. The van der Waals surface area contributed by atoms with Crippen LogP contribution in [0.25, 0.3) is 11.3 Å². The van der Waals surface area contributed by atoms with Gasteiger partial charge in [-0.25, -0.2) is 0 Å². The standard InChI is InChI=1S/C37H55N2Si/c1-10-14-27(4)17-19-33-32-20-18-30(29-15-12-11-13-16-29)23-34(32)36-24-31(21-26(2)3)37(40(7,8)9)25-39(36)35(33)22-28(5)38-6/h10,14,18,20,23-26,29,33,35,38H,4-5,11-13,15-17,19,21-22H2,1-3,6-9H3/q+1/b14-10-. The van der Waals surface area contributed by atoms with Crippen molar-refractivity contribution in [2.24, 2.45) is 5.92 Å². The first-order valence-corrected chi connectivity index (χ1v) is 19.4. The number of hydrogen-bond donors (Lipinski definition) is 1. The van der Waals surface area contributed by atoms with Gasteiger partial charge in [0.05, 0.1) is 13.6 Å². The Bertz CT molecular complexity index is 1240. The molecule has 0 bridgehead atoms. The van der Waals surface area contributed by atoms with Gasteiger partial charge in [0.1, 0.15) is 0 Å². The molecule has 0 radical (unpaired) electrons. The van der Waals surface area contributed by atoms with Crippen molar-refractivity contribution in [1.82, 2.24) is 5.32 Å². The molecule has 4 rings (SSSR count). The van der Waals surface area contributed by atoms with Crippen LogP contribution in [0.3, 0.4) is 0 Å². The number of nitrogens with one attached hydrogen (secondary N) is 1. The molecule has 1 aromatic carbocycles. The largest absolute Gasteiger partial charge is 0.392 e. The molecule has 2 aliphatic rings. The SMILES string of the molecule is C=C(/C=C\C)CCC1c2ccc(C3CCCCC3)cc2-c2cc(CC(C)C)c([Si](C)(C)C)c[n+]2C1CC(=C)NC. The summed E-state index contributed by atoms with van der Waals surface area (Å²) in [5.41, 5.74) is 9.88. The molecule has 1 saturated carbocycles. The molecule has 2 unspecified atom stereocenters. The molecule has 2 aromatic rings. The van der Waals surface area contributed by atoms with E-state index in [0.29, 0.717) is 23.8 Å². The fourth-order valence-corrected chi connectivity index (χ4v) is 8.86. The Morgan fingerprint density at radius 2 is 1.82 bits per heavy atom. The van der Waals surface area contributed by atoms with Crippen LogP contribution in [-0.2, 0) is 6.42 Å². The third-order valence-electron chi connectivity index (χ3n) is 9.28. The van der Waals surface area contributed by atoms with Crippen molar-refractivity contribution in [2.45, 2.75) is 116 Å². The van der Waals surface area contributed by atoms with Crippen molar-refractivity contribution in [3.05, 3.63) is 83.7 Å². The number of allylic oxidation sites excluding steroid dienone is 4. The fourth-order valence-electron chi connectivity index (χ4n) is 7.20. The maximum atomic E-state index is 4.41. The van der Waals surface area contributed by atoms with Crippen LogP contribution < -0.4 is 15.1 Å². The number of fused-ring (bicyclic) bond motifs is 3. The maximum absolute atomic E-state index is 4.41. The molecular formula is C37H55N2Si+. The Kier molecular flexibility index (Phi) is 9.98. The average Bonchev–Trinajstić information content (AvgIpc) is 2.91. The van der Waals surface area contributed by atoms with Crippen molar-refractivity contribution in [2.75, 3.05) is 7.05 Å². The molecule has 1 fully saturated rings. The minimum Gasteiger partial charge on any atom is -0.392 e. The summed E-state index contributed by atoms with van der Waals surface area (Å²) >= 11 is 0. The van der Waals surface area contributed by atoms with Gasteiger partial charge in [-0.15, -0.1) is 0 Å². The number of hydrogen-bond acceptors (Lipinski definition) is 1. The highest BCUT2D eigenvalue weighted by Crippen LogP contribution is 2.45. The third kappa shape index (κ3) is 6.90. The van der Waals surface area contributed by atoms with Gasteiger partial charge in [-0.3, -0.25) is 0 Å². The fraction of sp³-hybridized carbons (Fsp3) is 0.541. The first kappa shape index (κ1) is 30.6. The summed E-state index contributed by atoms with van der Waals surface area (Å²) in [7, 11) is 0.455. The molecule has 3 heteroatoms. The maximum Gasteiger partial charge on any atom is 0.213 e. The lowest BCUT2D eigenvalue weighted by Gasteiger charge is -2.34. The predicted molar refractivity (Wildman–Crippen MR) is 177 cm³/mol. The molecular weight excluding hydrogens is 501 g/mol. The van der Waals surface area contributed by atoms with E-state index in [-0.39, 0.29) is 0 Å². The molecule has 216 valence electrons. The van der Waals surface area contributed by atoms with Gasteiger partial charge < -0.3 is 5.32 Å². The second-order valence-corrected chi connectivity index (χ2v) is 19.0. The molecule has 1 aliphatic carbocycles. The van der Waals surface area contributed by atoms with E-state index in [4.69, 9.17) is 0 Å². The smallest absolute Gasteiger partial charge is 0.213 e. The van der Waals surface area contributed by atoms with Crippen LogP contribution in [0.1, 0.15) is 107 Å². The van der Waals surface area contributed by atoms with E-state index in [1.165, 1.54) is 54.5 Å². The lowest BCUT2D eigenvalue weighted by molar-refractivity contribution is -0.717. The summed E-state index contributed by atoms with van der Waals surface area (Å²) in [5, 5.41) is 5.00. The van der Waals surface area contributed by atoms with Crippen LogP contribution in [0.15, 0.2) is 67.0 Å². The van der Waals surface area contributed by atoms with Crippen LogP contribution >= 0.6 is 0 Å². The second-order valence-electron chi connectivity index (χ2n) is 14.0. The van der Waals surface area contributed by atoms with Gasteiger partial charge in [0.25, 0.3) is 0 Å². The Morgan fingerprint density at radius 3 is 2.45 bits per heavy atom. The molecule has 2 atom stereocenters. The van der Waals surface area contributed by atoms with E-state index in [1.807, 2.05) is 7.05 Å². The monoisotopic (exact) mass is 555 g/mol. The van der Waals surface area contributed by atoms with Gasteiger partial charge in [-0.1, -0.05) is 95.8 Å². The second kappa shape index (κ2) is 13.1. The highest BCUT2D eigenvalue weighted by molar-refractivity contribution is 6.89. The van der Waals surface area contributed by atoms with Crippen molar-refractivity contribution in [3.63, 3.8) is 0 Å². The normalized spacial score (nSPS) is 19.5. The predicted octanol–water partition coefficient (Wildman–Crippen LogP) is 9.11. The molecule has 2 nitrogen and oxygen atoms in total. The van der Waals surface area contributed by atoms with Crippen LogP contribution in [-0.4, -0.2) is 15.1 Å². The minimum atomic E-state index is -1.56. The van der Waals surface area contributed by atoms with E-state index in [9.17, 15) is 0 Å². The molecule has 0 saturated heterocycles. The quantitative estimate of drug-likeness (QED) is 0.166. The molecule has 2 heterocycles. The summed E-state index contributed by atoms with van der Waals surface area (Å²) in [6.45, 7) is 23.1. The zero-order valence-corrected chi connectivity index (χ0v) is 27.6. The molecule has 1 N–H and O–H groups in total. The Hall–Kier alpha value is -2.39. The van der Waals surface area contributed by atoms with Crippen molar-refractivity contribution >= 4 is 13.3 Å². The molecule has 1 aromatic heterocycles. The van der Waals surface area contributed by atoms with E-state index < -0.39 is 8.07 Å². The molecule has 0 amide bonds. The lowest BCUT2D eigenvalue weighted by Crippen LogP contribution is -2.54. The lowest BCUT2D eigenvalue weighted by atomic mass is 9.75. The van der Waals surface area contributed by atoms with Gasteiger partial charge in [0.15, 0.2) is 12.2 Å². The zero-order chi connectivity index (χ0) is 29.0. The number of pyridine rings is 1. The van der Waals surface area contributed by atoms with E-state index in [2.05, 4.69) is 106 Å². The number of nitrogens with zero attached hydrogens (tertiary/aromatic N) is 1. The highest BCUT2D eigenvalue weighted by atomic mass is 28.3. The Balaban J connectivity index is 1.94. The Labute approximate surface area is 246 Å². The highest BCUT2D eigenvalue weighted by Gasteiger charge is 2.42. The summed E-state index contributed by atoms with van der Waals surface area (Å²) in [4.78, 5) is 0. The average molecular weight is 556 g/mol. The van der Waals surface area contributed by atoms with E-state index >= 15 is 0 Å². The first-order valence-electron chi connectivity index (χ1n) is 15.9. The zero-order valence-electron chi connectivity index (χ0n) is 26.6. The van der Waals surface area contributed by atoms with Crippen LogP contribution in [0.4, 0.5) is 0 Å². The molecule has 40 heavy (non-hydrogen) atoms. The van der Waals surface area contributed by atoms with Gasteiger partial charge in [-0.2, -0.15) is 4.57 Å². The molecule has 0 spiro atoms. The van der Waals surface area contributed by atoms with Crippen molar-refractivity contribution in [1.29, 1.82) is 0 Å². The Morgan fingerprint density at radius 1 is 1.10 bits per heavy atom. The molecule has 1 aliphatic heterocycles. The van der Waals surface area contributed by atoms with Gasteiger partial charge in [0.2, 0.25) is 5.69 Å². The van der Waals surface area contributed by atoms with Gasteiger partial charge in [0, 0.05) is 36.3 Å². The van der Waals surface area contributed by atoms with Crippen LogP contribution in [0, 0.1) is 5.92 Å². The van der Waals surface area contributed by atoms with Crippen LogP contribution in [0.2, 0.25) is 19.6 Å². The number of rotatable bonds is 11. The van der Waals surface area contributed by atoms with Crippen LogP contribution in [0.5, 0.6) is 0 Å². The number of aromatic nitrogens is 1. The van der Waals surface area contributed by atoms with E-state index in [0.717, 1.165) is 31.4 Å². The van der Waals surface area contributed by atoms with Gasteiger partial charge >= 0.3 is 0 Å². The van der Waals surface area contributed by atoms with E-state index in [1.54, 1.807) is 16.3 Å². The first-order chi connectivity index (χ1) is 19.0. The summed E-state index contributed by atoms with van der Waals surface area (Å²) < 4.78 is 2.69. The minimum absolute atomic E-state index is 0.338. The number of benzene rings is 1. The van der Waals surface area contributed by atoms with Crippen molar-refractivity contribution in [3.8, 4) is 11.3 Å². The summed E-state index contributed by atoms with van der Waals surface area (Å²) in [6, 6.07) is 10.5. The summed E-state index contributed by atoms with van der Waals surface area (Å²) in [5.74, 6) is 1.77. The van der Waals surface area contributed by atoms with Crippen molar-refractivity contribution < 1.29 is 4.57 Å². The van der Waals surface area contributed by atoms with Gasteiger partial charge in [-0.05, 0) is 73.6 Å². The topological polar surface area (TPSA) is 15.9 Å². The summed E-state index contributed by atoms with van der Waals surface area (Å²) in [6.07, 6.45) is 17.9.